The molecule has 2 aromatic carbocycles. The molecule has 0 N–H and O–H groups in total. The highest BCUT2D eigenvalue weighted by Crippen LogP contribution is 2.25. The number of hydrogen-bond donors (Lipinski definition) is 0. The van der Waals surface area contributed by atoms with Gasteiger partial charge >= 0.3 is 0 Å². The molecule has 0 spiro atoms. The molecule has 0 aliphatic heterocycles. The van der Waals surface area contributed by atoms with Crippen molar-refractivity contribution >= 4 is 11.6 Å². The minimum atomic E-state index is -0.468. The van der Waals surface area contributed by atoms with Crippen molar-refractivity contribution in [1.29, 1.82) is 0 Å². The third-order valence-corrected chi connectivity index (χ3v) is 3.10. The minimum absolute atomic E-state index is 0.0125. The molecule has 2 rings (SSSR count). The summed E-state index contributed by atoms with van der Waals surface area (Å²) in [5.41, 5.74) is 0.879. The summed E-state index contributed by atoms with van der Waals surface area (Å²) in [6, 6.07) is 8.85. The Morgan fingerprint density at radius 1 is 1.05 bits per heavy atom. The average molecular weight is 299 g/mol. The van der Waals surface area contributed by atoms with Gasteiger partial charge in [-0.05, 0) is 24.3 Å². The van der Waals surface area contributed by atoms with E-state index in [1.807, 2.05) is 0 Å². The van der Waals surface area contributed by atoms with Crippen molar-refractivity contribution < 1.29 is 18.3 Å². The summed E-state index contributed by atoms with van der Waals surface area (Å²) < 4.78 is 37.4. The smallest absolute Gasteiger partial charge is 0.171 e. The maximum Gasteiger partial charge on any atom is 0.171 e. The second-order valence-electron chi connectivity index (χ2n) is 4.11. The van der Waals surface area contributed by atoms with Crippen LogP contribution in [0.1, 0.15) is 11.1 Å². The van der Waals surface area contributed by atoms with Crippen molar-refractivity contribution in [3.05, 3.63) is 59.2 Å². The zero-order valence-corrected chi connectivity index (χ0v) is 11.6. The summed E-state index contributed by atoms with van der Waals surface area (Å²) in [6.07, 6.45) is 0. The van der Waals surface area contributed by atoms with E-state index in [9.17, 15) is 8.78 Å². The van der Waals surface area contributed by atoms with Gasteiger partial charge in [-0.15, -0.1) is 11.6 Å². The molecular weight excluding hydrogens is 286 g/mol. The van der Waals surface area contributed by atoms with Crippen LogP contribution in [-0.4, -0.2) is 7.11 Å². The van der Waals surface area contributed by atoms with Crippen molar-refractivity contribution in [2.75, 3.05) is 7.11 Å². The van der Waals surface area contributed by atoms with E-state index in [0.717, 1.165) is 0 Å². The highest BCUT2D eigenvalue weighted by Gasteiger charge is 2.10. The first kappa shape index (κ1) is 14.6. The lowest BCUT2D eigenvalue weighted by Crippen LogP contribution is -2.02. The van der Waals surface area contributed by atoms with Gasteiger partial charge in [0.15, 0.2) is 11.6 Å². The predicted molar refractivity (Wildman–Crippen MR) is 73.2 cm³/mol. The van der Waals surface area contributed by atoms with E-state index < -0.39 is 5.82 Å². The van der Waals surface area contributed by atoms with E-state index in [-0.39, 0.29) is 24.1 Å². The molecule has 20 heavy (non-hydrogen) atoms. The Morgan fingerprint density at radius 2 is 1.85 bits per heavy atom. The van der Waals surface area contributed by atoms with E-state index in [2.05, 4.69) is 0 Å². The number of ether oxygens (including phenoxy) is 2. The van der Waals surface area contributed by atoms with Gasteiger partial charge in [-0.1, -0.05) is 12.1 Å². The fourth-order valence-electron chi connectivity index (χ4n) is 1.77. The molecule has 0 saturated carbocycles. The Labute approximate surface area is 120 Å². The number of rotatable bonds is 5. The van der Waals surface area contributed by atoms with E-state index in [0.29, 0.717) is 16.9 Å². The van der Waals surface area contributed by atoms with E-state index in [1.165, 1.54) is 31.4 Å². The van der Waals surface area contributed by atoms with Gasteiger partial charge in [0.2, 0.25) is 0 Å². The first-order valence-electron chi connectivity index (χ1n) is 5.94. The lowest BCUT2D eigenvalue weighted by Gasteiger charge is -2.11. The Balaban J connectivity index is 2.17. The molecule has 0 fully saturated rings. The van der Waals surface area contributed by atoms with Crippen LogP contribution in [0.4, 0.5) is 8.78 Å². The van der Waals surface area contributed by atoms with Crippen LogP contribution in [0.3, 0.4) is 0 Å². The molecule has 0 aliphatic rings. The third kappa shape index (κ3) is 3.20. The molecule has 0 bridgehead atoms. The maximum absolute atomic E-state index is 13.9. The number of methoxy groups -OCH3 is 1. The molecule has 2 aromatic rings. The first-order chi connectivity index (χ1) is 9.65. The summed E-state index contributed by atoms with van der Waals surface area (Å²) >= 11 is 5.72. The summed E-state index contributed by atoms with van der Waals surface area (Å²) in [6.45, 7) is 0.0125. The average Bonchev–Trinajstić information content (AvgIpc) is 2.47. The second-order valence-corrected chi connectivity index (χ2v) is 4.37. The normalized spacial score (nSPS) is 10.4. The van der Waals surface area contributed by atoms with Crippen LogP contribution in [0.15, 0.2) is 36.4 Å². The monoisotopic (exact) mass is 298 g/mol. The molecule has 0 aromatic heterocycles. The van der Waals surface area contributed by atoms with Crippen molar-refractivity contribution in [1.82, 2.24) is 0 Å². The van der Waals surface area contributed by atoms with Crippen LogP contribution in [-0.2, 0) is 12.5 Å². The predicted octanol–water partition coefficient (Wildman–Crippen LogP) is 4.29. The van der Waals surface area contributed by atoms with Crippen LogP contribution < -0.4 is 9.47 Å². The van der Waals surface area contributed by atoms with Gasteiger partial charge in [0.1, 0.15) is 18.2 Å². The topological polar surface area (TPSA) is 18.5 Å². The molecule has 0 amide bonds. The fourth-order valence-corrected chi connectivity index (χ4v) is 1.98. The lowest BCUT2D eigenvalue weighted by molar-refractivity contribution is 0.293. The van der Waals surface area contributed by atoms with Crippen LogP contribution in [0, 0.1) is 11.6 Å². The van der Waals surface area contributed by atoms with Crippen LogP contribution in [0.2, 0.25) is 0 Å². The summed E-state index contributed by atoms with van der Waals surface area (Å²) in [4.78, 5) is 0. The molecule has 2 nitrogen and oxygen atoms in total. The highest BCUT2D eigenvalue weighted by atomic mass is 35.5. The lowest BCUT2D eigenvalue weighted by atomic mass is 10.2. The van der Waals surface area contributed by atoms with Gasteiger partial charge in [0.25, 0.3) is 0 Å². The molecule has 0 unspecified atom stereocenters. The molecule has 106 valence electrons. The zero-order valence-electron chi connectivity index (χ0n) is 10.8. The molecule has 0 saturated heterocycles. The van der Waals surface area contributed by atoms with Gasteiger partial charge < -0.3 is 9.47 Å². The number of benzene rings is 2. The molecule has 5 heteroatoms. The summed E-state index contributed by atoms with van der Waals surface area (Å²) in [7, 11) is 1.40. The SMILES string of the molecule is COc1cccc(COc2ccc(F)cc2CCl)c1F. The second kappa shape index (κ2) is 6.57. The Kier molecular flexibility index (Phi) is 4.79. The number of halogens is 3. The quantitative estimate of drug-likeness (QED) is 0.767. The van der Waals surface area contributed by atoms with Gasteiger partial charge in [-0.25, -0.2) is 8.78 Å². The van der Waals surface area contributed by atoms with E-state index >= 15 is 0 Å². The zero-order chi connectivity index (χ0) is 14.5. The molecular formula is C15H13ClF2O2. The standard InChI is InChI=1S/C15H13ClF2O2/c1-19-14-4-2-3-10(15(14)18)9-20-13-6-5-12(17)7-11(13)8-16/h2-7H,8-9H2,1H3. The largest absolute Gasteiger partial charge is 0.494 e. The van der Waals surface area contributed by atoms with Gasteiger partial charge in [0, 0.05) is 11.1 Å². The molecule has 0 heterocycles. The van der Waals surface area contributed by atoms with Crippen LogP contribution in [0.25, 0.3) is 0 Å². The molecule has 0 radical (unpaired) electrons. The van der Waals surface area contributed by atoms with E-state index in [1.54, 1.807) is 12.1 Å². The minimum Gasteiger partial charge on any atom is -0.494 e. The van der Waals surface area contributed by atoms with Gasteiger partial charge in [-0.2, -0.15) is 0 Å². The van der Waals surface area contributed by atoms with E-state index in [4.69, 9.17) is 21.1 Å². The Bertz CT molecular complexity index is 602. The number of hydrogen-bond acceptors (Lipinski definition) is 2. The van der Waals surface area contributed by atoms with Gasteiger partial charge in [0.05, 0.1) is 13.0 Å². The van der Waals surface area contributed by atoms with Crippen molar-refractivity contribution in [2.24, 2.45) is 0 Å². The number of alkyl halides is 1. The third-order valence-electron chi connectivity index (χ3n) is 2.81. The molecule has 0 aliphatic carbocycles. The van der Waals surface area contributed by atoms with Crippen molar-refractivity contribution in [3.63, 3.8) is 0 Å². The van der Waals surface area contributed by atoms with Crippen LogP contribution in [0.5, 0.6) is 11.5 Å². The fraction of sp³-hybridized carbons (Fsp3) is 0.200. The first-order valence-corrected chi connectivity index (χ1v) is 6.47. The maximum atomic E-state index is 13.9. The summed E-state index contributed by atoms with van der Waals surface area (Å²) in [5, 5.41) is 0. The van der Waals surface area contributed by atoms with Crippen molar-refractivity contribution in [2.45, 2.75) is 12.5 Å². The van der Waals surface area contributed by atoms with Crippen molar-refractivity contribution in [3.8, 4) is 11.5 Å². The van der Waals surface area contributed by atoms with Crippen LogP contribution >= 0.6 is 11.6 Å². The highest BCUT2D eigenvalue weighted by molar-refractivity contribution is 6.17. The van der Waals surface area contributed by atoms with Gasteiger partial charge in [-0.3, -0.25) is 0 Å². The Hall–Kier alpha value is -1.81. The Morgan fingerprint density at radius 3 is 2.55 bits per heavy atom. The molecule has 0 atom stereocenters. The summed E-state index contributed by atoms with van der Waals surface area (Å²) in [5.74, 6) is -0.148.